The second kappa shape index (κ2) is 288. The second-order valence-electron chi connectivity index (χ2n) is 0. The molecule has 0 aromatic heterocycles. The van der Waals surface area contributed by atoms with Crippen LogP contribution in [0.3, 0.4) is 0 Å². The standard InChI is InChI=1S/CH4O.24V/c1-2;;;;;;;;;;;;;;;;;;;;;;;;/h2H,1H3;;;;;;;;;;;;;;;;;;;;;;;;/i1D;;;;;;;;;;;;;;;;;;;;;;;;. The summed E-state index contributed by atoms with van der Waals surface area (Å²) in [4.78, 5) is 0. The van der Waals surface area contributed by atoms with Gasteiger partial charge in [0.1, 0.15) is 0 Å². The van der Waals surface area contributed by atoms with Crippen molar-refractivity contribution in [2.45, 2.75) is 0 Å². The van der Waals surface area contributed by atoms with Gasteiger partial charge in [0, 0.05) is 452 Å². The van der Waals surface area contributed by atoms with E-state index in [1.54, 1.807) is 0 Å². The Morgan fingerprint density at radius 1 is 0.269 bits per heavy atom. The summed E-state index contributed by atoms with van der Waals surface area (Å²) in [7, 11) is -0.500. The minimum atomic E-state index is -0.500. The SMILES string of the molecule is [2H]CO.[V].[V].[V].[V].[V].[V].[V].[V].[V].[V].[V].[V].[V].[V].[V].[V].[V].[V].[V].[V].[V].[V].[V].[V]. The minimum Gasteiger partial charge on any atom is -0.400 e. The first-order valence-corrected chi connectivity index (χ1v) is 0.316. The fraction of sp³-hybridized carbons (Fsp3) is 1.00. The molecule has 0 amide bonds. The third kappa shape index (κ3) is 266. The molecule has 0 saturated carbocycles. The molecule has 26 heavy (non-hydrogen) atoms. The van der Waals surface area contributed by atoms with Gasteiger partial charge in [-0.25, -0.2) is 0 Å². The maximum absolute atomic E-state index is 7.24. The number of aliphatic hydroxyl groups is 1. The molecule has 134 valence electrons. The van der Waals surface area contributed by atoms with E-state index in [-0.39, 0.29) is 445 Å². The summed E-state index contributed by atoms with van der Waals surface area (Å²) in [5, 5.41) is 7.24. The molecule has 1 nitrogen and oxygen atoms in total. The van der Waals surface area contributed by atoms with Crippen molar-refractivity contribution in [1.82, 2.24) is 0 Å². The fourth-order valence-corrected chi connectivity index (χ4v) is 0. The second-order valence-corrected chi connectivity index (χ2v) is 0. The molecule has 0 saturated heterocycles. The predicted octanol–water partition coefficient (Wildman–Crippen LogP) is -0.452. The summed E-state index contributed by atoms with van der Waals surface area (Å²) in [5.74, 6) is 0. The van der Waals surface area contributed by atoms with Gasteiger partial charge in [-0.2, -0.15) is 0 Å². The summed E-state index contributed by atoms with van der Waals surface area (Å²) in [6.45, 7) is 0. The summed E-state index contributed by atoms with van der Waals surface area (Å²) >= 11 is 0. The zero-order valence-electron chi connectivity index (χ0n) is 12.9. The molecule has 0 aliphatic heterocycles. The van der Waals surface area contributed by atoms with Crippen LogP contribution in [-0.2, 0) is 445 Å². The molecule has 24 radical (unpaired) electrons. The predicted molar refractivity (Wildman–Crippen MR) is 8.14 cm³/mol. The van der Waals surface area contributed by atoms with E-state index < -0.39 is 7.09 Å². The Morgan fingerprint density at radius 3 is 0.269 bits per heavy atom. The van der Waals surface area contributed by atoms with Crippen LogP contribution in [-0.4, -0.2) is 12.2 Å². The van der Waals surface area contributed by atoms with Crippen molar-refractivity contribution < 1.29 is 452 Å². The van der Waals surface area contributed by atoms with Crippen LogP contribution < -0.4 is 0 Å². The van der Waals surface area contributed by atoms with Crippen molar-refractivity contribution in [3.05, 3.63) is 0 Å². The minimum absolute atomic E-state index is 0. The molecule has 1 N–H and O–H groups in total. The molecule has 0 rings (SSSR count). The van der Waals surface area contributed by atoms with E-state index in [1.165, 1.54) is 0 Å². The summed E-state index contributed by atoms with van der Waals surface area (Å²) in [6, 6.07) is 0. The molecule has 0 spiro atoms. The third-order valence-corrected chi connectivity index (χ3v) is 0. The summed E-state index contributed by atoms with van der Waals surface area (Å²) in [5.41, 5.74) is 0. The van der Waals surface area contributed by atoms with Crippen molar-refractivity contribution in [3.8, 4) is 0 Å². The summed E-state index contributed by atoms with van der Waals surface area (Å²) in [6.07, 6.45) is 0. The number of aliphatic hydroxyl groups excluding tert-OH is 1. The van der Waals surface area contributed by atoms with Crippen LogP contribution in [0.2, 0.25) is 0 Å². The van der Waals surface area contributed by atoms with E-state index in [0.717, 1.165) is 0 Å². The van der Waals surface area contributed by atoms with E-state index in [1.807, 2.05) is 0 Å². The Labute approximate surface area is 447 Å². The average molecular weight is 1260 g/mol. The Bertz CT molecular complexity index is 18.3. The molecule has 0 bridgehead atoms. The Balaban J connectivity index is -0.0000000000725. The van der Waals surface area contributed by atoms with Crippen molar-refractivity contribution in [2.24, 2.45) is 0 Å². The van der Waals surface area contributed by atoms with Crippen LogP contribution in [0.5, 0.6) is 0 Å². The number of hydrogen-bond donors (Lipinski definition) is 1. The Hall–Kier alpha value is 14.0. The van der Waals surface area contributed by atoms with Gasteiger partial charge in [-0.15, -0.1) is 0 Å². The molecule has 0 fully saturated rings. The van der Waals surface area contributed by atoms with Crippen LogP contribution in [0, 0.1) is 0 Å². The van der Waals surface area contributed by atoms with Crippen LogP contribution in [0.25, 0.3) is 0 Å². The zero-order chi connectivity index (χ0) is 2.71. The van der Waals surface area contributed by atoms with E-state index >= 15 is 0 Å². The van der Waals surface area contributed by atoms with Gasteiger partial charge in [0.25, 0.3) is 0 Å². The van der Waals surface area contributed by atoms with Crippen molar-refractivity contribution in [2.75, 3.05) is 7.09 Å². The zero-order valence-corrected chi connectivity index (χ0v) is 45.4. The Kier molecular flexibility index (Phi) is 2630. The quantitative estimate of drug-likeness (QED) is 0.349. The average Bonchev–Trinajstić information content (AvgIpc) is 0.918. The molecular formula is CH4OV24. The maximum atomic E-state index is 7.24. The van der Waals surface area contributed by atoms with Crippen LogP contribution in [0.15, 0.2) is 0 Å². The third-order valence-electron chi connectivity index (χ3n) is 0. The maximum Gasteiger partial charge on any atom is 0.0527 e. The summed E-state index contributed by atoms with van der Waals surface area (Å²) < 4.78 is 5.76. The van der Waals surface area contributed by atoms with E-state index in [9.17, 15) is 0 Å². The molecule has 0 unspecified atom stereocenters. The van der Waals surface area contributed by atoms with Gasteiger partial charge in [-0.3, -0.25) is 0 Å². The van der Waals surface area contributed by atoms with E-state index in [2.05, 4.69) is 0 Å². The van der Waals surface area contributed by atoms with Gasteiger partial charge >= 0.3 is 0 Å². The topological polar surface area (TPSA) is 20.2 Å². The van der Waals surface area contributed by atoms with Crippen LogP contribution in [0.1, 0.15) is 1.37 Å². The fourth-order valence-electron chi connectivity index (χ4n) is 0. The van der Waals surface area contributed by atoms with Crippen LogP contribution in [0.4, 0.5) is 0 Å². The van der Waals surface area contributed by atoms with Crippen molar-refractivity contribution in [3.63, 3.8) is 0 Å². The largest absolute Gasteiger partial charge is 0.400 e. The molecule has 0 aliphatic carbocycles. The van der Waals surface area contributed by atoms with Gasteiger partial charge in [0.05, 0.1) is 1.37 Å². The first kappa shape index (κ1) is 238. The van der Waals surface area contributed by atoms with Gasteiger partial charge in [-0.1, -0.05) is 0 Å². The van der Waals surface area contributed by atoms with Gasteiger partial charge in [0.15, 0.2) is 0 Å². The van der Waals surface area contributed by atoms with Gasteiger partial charge in [0.2, 0.25) is 0 Å². The molecular weight excluding hydrogens is 1250 g/mol. The van der Waals surface area contributed by atoms with E-state index in [4.69, 9.17) is 6.48 Å². The number of rotatable bonds is 0. The van der Waals surface area contributed by atoms with Crippen LogP contribution >= 0.6 is 0 Å². The van der Waals surface area contributed by atoms with Crippen molar-refractivity contribution >= 4 is 0 Å². The molecule has 0 atom stereocenters. The van der Waals surface area contributed by atoms with Crippen molar-refractivity contribution in [1.29, 1.82) is 0 Å². The Morgan fingerprint density at radius 2 is 0.269 bits per heavy atom. The smallest absolute Gasteiger partial charge is 0.0527 e. The molecule has 0 aromatic carbocycles. The monoisotopic (exact) mass is 1260 g/mol. The molecule has 25 heteroatoms. The molecule has 0 aromatic rings. The van der Waals surface area contributed by atoms with E-state index in [0.29, 0.717) is 0 Å². The first-order valence-electron chi connectivity index (χ1n) is 1.02. The molecule has 0 heterocycles. The number of hydrogen-bond acceptors (Lipinski definition) is 1. The van der Waals surface area contributed by atoms with Gasteiger partial charge < -0.3 is 5.11 Å². The normalized spacial score (nSPS) is 0.731. The first-order chi connectivity index (χ1) is 1.41. The molecule has 0 aliphatic rings. The van der Waals surface area contributed by atoms with Gasteiger partial charge in [-0.05, 0) is 0 Å².